The number of hydrogen-bond acceptors (Lipinski definition) is 5. The van der Waals surface area contributed by atoms with Gasteiger partial charge in [-0.05, 0) is 52.1 Å². The first kappa shape index (κ1) is 17.9. The summed E-state index contributed by atoms with van der Waals surface area (Å²) < 4.78 is 11.3. The van der Waals surface area contributed by atoms with Crippen molar-refractivity contribution >= 4 is 11.8 Å². The van der Waals surface area contributed by atoms with Gasteiger partial charge in [0.15, 0.2) is 0 Å². The number of piperazine rings is 1. The number of ether oxygens (including phenoxy) is 2. The van der Waals surface area contributed by atoms with Gasteiger partial charge in [-0.25, -0.2) is 4.79 Å². The zero-order valence-electron chi connectivity index (χ0n) is 15.7. The van der Waals surface area contributed by atoms with Crippen LogP contribution in [0.2, 0.25) is 0 Å². The molecule has 0 N–H and O–H groups in total. The Labute approximate surface area is 150 Å². The molecule has 6 heteroatoms. The Kier molecular flexibility index (Phi) is 5.08. The lowest BCUT2D eigenvalue weighted by atomic mass is 10.1. The van der Waals surface area contributed by atoms with Gasteiger partial charge in [0.2, 0.25) is 0 Å². The smallest absolute Gasteiger partial charge is 0.410 e. The molecule has 2 fully saturated rings. The number of benzene rings is 1. The van der Waals surface area contributed by atoms with Crippen molar-refractivity contribution in [2.24, 2.45) is 0 Å². The van der Waals surface area contributed by atoms with Gasteiger partial charge in [0.05, 0.1) is 13.1 Å². The van der Waals surface area contributed by atoms with E-state index in [-0.39, 0.29) is 12.2 Å². The van der Waals surface area contributed by atoms with Crippen LogP contribution in [0.5, 0.6) is 5.75 Å². The minimum atomic E-state index is -0.456. The highest BCUT2D eigenvalue weighted by Gasteiger charge is 2.35. The second-order valence-corrected chi connectivity index (χ2v) is 7.91. The molecule has 6 nitrogen and oxygen atoms in total. The summed E-state index contributed by atoms with van der Waals surface area (Å²) >= 11 is 0. The molecule has 0 bridgehead atoms. The lowest BCUT2D eigenvalue weighted by Crippen LogP contribution is -2.57. The van der Waals surface area contributed by atoms with Gasteiger partial charge in [-0.2, -0.15) is 0 Å². The molecule has 2 saturated heterocycles. The zero-order chi connectivity index (χ0) is 18.0. The number of carbonyl (C=O) groups is 1. The summed E-state index contributed by atoms with van der Waals surface area (Å²) in [6.07, 6.45) is -0.222. The lowest BCUT2D eigenvalue weighted by Gasteiger charge is -2.39. The highest BCUT2D eigenvalue weighted by atomic mass is 16.6. The second-order valence-electron chi connectivity index (χ2n) is 7.91. The fourth-order valence-electron chi connectivity index (χ4n) is 2.98. The average Bonchev–Trinajstić information content (AvgIpc) is 2.50. The molecule has 0 spiro atoms. The topological polar surface area (TPSA) is 45.2 Å². The standard InChI is InChI=1S/C19H29N3O3/c1-19(2,3)25-18(23)22-13-17(14-22)24-16-7-5-15(6-8-16)21-11-9-20(4)10-12-21/h5-8,17H,9-14H2,1-4H3. The molecular formula is C19H29N3O3. The Balaban J connectivity index is 1.45. The van der Waals surface area contributed by atoms with Crippen LogP contribution in [0.3, 0.4) is 0 Å². The highest BCUT2D eigenvalue weighted by Crippen LogP contribution is 2.24. The predicted molar refractivity (Wildman–Crippen MR) is 98.4 cm³/mol. The van der Waals surface area contributed by atoms with Crippen LogP contribution in [-0.2, 0) is 4.74 Å². The van der Waals surface area contributed by atoms with Gasteiger partial charge in [-0.15, -0.1) is 0 Å². The maximum atomic E-state index is 11.9. The Bertz CT molecular complexity index is 583. The third kappa shape index (κ3) is 4.78. The van der Waals surface area contributed by atoms with Crippen molar-refractivity contribution in [1.82, 2.24) is 9.80 Å². The molecule has 2 aliphatic rings. The fourth-order valence-corrected chi connectivity index (χ4v) is 2.98. The Morgan fingerprint density at radius 2 is 1.64 bits per heavy atom. The summed E-state index contributed by atoms with van der Waals surface area (Å²) in [5.41, 5.74) is 0.784. The van der Waals surface area contributed by atoms with Crippen LogP contribution in [0, 0.1) is 0 Å². The van der Waals surface area contributed by atoms with Gasteiger partial charge in [0.1, 0.15) is 17.5 Å². The molecule has 0 aromatic heterocycles. The number of carbonyl (C=O) groups excluding carboxylic acids is 1. The average molecular weight is 347 g/mol. The van der Waals surface area contributed by atoms with E-state index >= 15 is 0 Å². The maximum absolute atomic E-state index is 11.9. The largest absolute Gasteiger partial charge is 0.487 e. The molecule has 3 rings (SSSR count). The van der Waals surface area contributed by atoms with Gasteiger partial charge < -0.3 is 24.2 Å². The number of nitrogens with zero attached hydrogens (tertiary/aromatic N) is 3. The van der Waals surface area contributed by atoms with E-state index in [1.807, 2.05) is 32.9 Å². The summed E-state index contributed by atoms with van der Waals surface area (Å²) in [7, 11) is 2.16. The van der Waals surface area contributed by atoms with Crippen LogP contribution >= 0.6 is 0 Å². The number of anilines is 1. The van der Waals surface area contributed by atoms with E-state index in [2.05, 4.69) is 29.0 Å². The minimum Gasteiger partial charge on any atom is -0.487 e. The minimum absolute atomic E-state index is 0.0435. The van der Waals surface area contributed by atoms with Gasteiger partial charge in [0, 0.05) is 31.9 Å². The van der Waals surface area contributed by atoms with E-state index < -0.39 is 5.60 Å². The van der Waals surface area contributed by atoms with Crippen LogP contribution in [0.25, 0.3) is 0 Å². The summed E-state index contributed by atoms with van der Waals surface area (Å²) in [4.78, 5) is 18.3. The maximum Gasteiger partial charge on any atom is 0.410 e. The van der Waals surface area contributed by atoms with Gasteiger partial charge in [0.25, 0.3) is 0 Å². The molecule has 1 amide bonds. The summed E-state index contributed by atoms with van der Waals surface area (Å²) in [5, 5.41) is 0. The number of hydrogen-bond donors (Lipinski definition) is 0. The van der Waals surface area contributed by atoms with E-state index in [9.17, 15) is 4.79 Å². The third-order valence-corrected chi connectivity index (χ3v) is 4.51. The van der Waals surface area contributed by atoms with Crippen molar-refractivity contribution in [2.75, 3.05) is 51.2 Å². The first-order valence-electron chi connectivity index (χ1n) is 8.98. The SMILES string of the molecule is CN1CCN(c2ccc(OC3CN(C(=O)OC(C)(C)C)C3)cc2)CC1. The van der Waals surface area contributed by atoms with E-state index in [0.29, 0.717) is 13.1 Å². The fraction of sp³-hybridized carbons (Fsp3) is 0.632. The first-order chi connectivity index (χ1) is 11.8. The van der Waals surface area contributed by atoms with E-state index in [1.165, 1.54) is 5.69 Å². The Morgan fingerprint density at radius 3 is 2.20 bits per heavy atom. The third-order valence-electron chi connectivity index (χ3n) is 4.51. The predicted octanol–water partition coefficient (Wildman–Crippen LogP) is 2.44. The molecule has 2 heterocycles. The monoisotopic (exact) mass is 347 g/mol. The van der Waals surface area contributed by atoms with Crippen molar-refractivity contribution in [3.63, 3.8) is 0 Å². The molecule has 2 aliphatic heterocycles. The van der Waals surface area contributed by atoms with E-state index in [4.69, 9.17) is 9.47 Å². The summed E-state index contributed by atoms with van der Waals surface area (Å²) in [6, 6.07) is 8.27. The summed E-state index contributed by atoms with van der Waals surface area (Å²) in [6.45, 7) is 11.1. The van der Waals surface area contributed by atoms with Crippen molar-refractivity contribution < 1.29 is 14.3 Å². The number of amides is 1. The molecule has 1 aromatic rings. The van der Waals surface area contributed by atoms with Gasteiger partial charge >= 0.3 is 6.09 Å². The first-order valence-corrected chi connectivity index (χ1v) is 8.98. The number of rotatable bonds is 3. The molecule has 0 radical (unpaired) electrons. The van der Waals surface area contributed by atoms with Crippen LogP contribution in [0.4, 0.5) is 10.5 Å². The molecule has 1 aromatic carbocycles. The number of likely N-dealkylation sites (N-methyl/N-ethyl adjacent to an activating group) is 1. The zero-order valence-corrected chi connectivity index (χ0v) is 15.7. The van der Waals surface area contributed by atoms with E-state index in [1.54, 1.807) is 4.90 Å². The van der Waals surface area contributed by atoms with Crippen molar-refractivity contribution in [3.05, 3.63) is 24.3 Å². The van der Waals surface area contributed by atoms with Crippen LogP contribution < -0.4 is 9.64 Å². The quantitative estimate of drug-likeness (QED) is 0.840. The molecule has 0 aliphatic carbocycles. The van der Waals surface area contributed by atoms with Crippen LogP contribution in [-0.4, -0.2) is 73.9 Å². The van der Waals surface area contributed by atoms with Crippen molar-refractivity contribution in [3.8, 4) is 5.75 Å². The molecule has 138 valence electrons. The number of likely N-dealkylation sites (tertiary alicyclic amines) is 1. The lowest BCUT2D eigenvalue weighted by molar-refractivity contribution is -0.0221. The Morgan fingerprint density at radius 1 is 1.04 bits per heavy atom. The van der Waals surface area contributed by atoms with Crippen molar-refractivity contribution in [1.29, 1.82) is 0 Å². The second kappa shape index (κ2) is 7.12. The molecule has 0 saturated carbocycles. The van der Waals surface area contributed by atoms with E-state index in [0.717, 1.165) is 31.9 Å². The Hall–Kier alpha value is -1.95. The molecule has 25 heavy (non-hydrogen) atoms. The summed E-state index contributed by atoms with van der Waals surface area (Å²) in [5.74, 6) is 0.853. The van der Waals surface area contributed by atoms with Crippen molar-refractivity contribution in [2.45, 2.75) is 32.5 Å². The van der Waals surface area contributed by atoms with Crippen LogP contribution in [0.1, 0.15) is 20.8 Å². The normalized spacial score (nSPS) is 19.5. The molecule has 0 atom stereocenters. The van der Waals surface area contributed by atoms with Crippen LogP contribution in [0.15, 0.2) is 24.3 Å². The van der Waals surface area contributed by atoms with Gasteiger partial charge in [-0.3, -0.25) is 0 Å². The molecule has 0 unspecified atom stereocenters. The molecular weight excluding hydrogens is 318 g/mol. The highest BCUT2D eigenvalue weighted by molar-refractivity contribution is 5.69. The van der Waals surface area contributed by atoms with Gasteiger partial charge in [-0.1, -0.05) is 0 Å².